The molecule has 5 nitrogen and oxygen atoms in total. The predicted molar refractivity (Wildman–Crippen MR) is 123 cm³/mol. The minimum absolute atomic E-state index is 0.00715. The summed E-state index contributed by atoms with van der Waals surface area (Å²) in [6.07, 6.45) is 2.57. The SMILES string of the molecule is CC1CCN(C(=O)CN2CCC(C(=O)Nc3ccccc3)CC2)c2ccccc2S1. The Kier molecular flexibility index (Phi) is 6.75. The van der Waals surface area contributed by atoms with Crippen molar-refractivity contribution in [3.8, 4) is 0 Å². The Hall–Kier alpha value is -2.31. The lowest BCUT2D eigenvalue weighted by Gasteiger charge is -2.32. The Labute approximate surface area is 182 Å². The van der Waals surface area contributed by atoms with Crippen LogP contribution in [0.2, 0.25) is 0 Å². The van der Waals surface area contributed by atoms with Gasteiger partial charge in [-0.25, -0.2) is 0 Å². The van der Waals surface area contributed by atoms with Gasteiger partial charge in [-0.3, -0.25) is 14.5 Å². The Morgan fingerprint density at radius 2 is 1.67 bits per heavy atom. The summed E-state index contributed by atoms with van der Waals surface area (Å²) in [6, 6.07) is 17.8. The van der Waals surface area contributed by atoms with E-state index in [1.165, 1.54) is 4.90 Å². The Balaban J connectivity index is 1.32. The molecule has 0 aromatic heterocycles. The highest BCUT2D eigenvalue weighted by molar-refractivity contribution is 8.00. The molecule has 2 heterocycles. The van der Waals surface area contributed by atoms with Crippen molar-refractivity contribution in [2.24, 2.45) is 5.92 Å². The number of hydrogen-bond donors (Lipinski definition) is 1. The van der Waals surface area contributed by atoms with Gasteiger partial charge in [0.2, 0.25) is 11.8 Å². The molecule has 2 aromatic rings. The summed E-state index contributed by atoms with van der Waals surface area (Å²) in [5.41, 5.74) is 1.88. The number of anilines is 2. The van der Waals surface area contributed by atoms with Crippen molar-refractivity contribution in [3.63, 3.8) is 0 Å². The van der Waals surface area contributed by atoms with E-state index in [1.807, 2.05) is 59.1 Å². The maximum atomic E-state index is 13.1. The number of para-hydroxylation sites is 2. The van der Waals surface area contributed by atoms with Gasteiger partial charge in [0, 0.05) is 28.3 Å². The fraction of sp³-hybridized carbons (Fsp3) is 0.417. The summed E-state index contributed by atoms with van der Waals surface area (Å²) in [5.74, 6) is 0.247. The highest BCUT2D eigenvalue weighted by Gasteiger charge is 2.29. The van der Waals surface area contributed by atoms with E-state index in [9.17, 15) is 9.59 Å². The number of fused-ring (bicyclic) bond motifs is 1. The first-order chi connectivity index (χ1) is 14.6. The summed E-state index contributed by atoms with van der Waals surface area (Å²) in [5, 5.41) is 3.51. The number of nitrogens with one attached hydrogen (secondary N) is 1. The van der Waals surface area contributed by atoms with E-state index in [0.717, 1.165) is 50.3 Å². The van der Waals surface area contributed by atoms with Gasteiger partial charge in [0.15, 0.2) is 0 Å². The summed E-state index contributed by atoms with van der Waals surface area (Å²) in [4.78, 5) is 31.0. The van der Waals surface area contributed by atoms with Gasteiger partial charge in [-0.15, -0.1) is 11.8 Å². The van der Waals surface area contributed by atoms with Gasteiger partial charge in [-0.1, -0.05) is 37.3 Å². The monoisotopic (exact) mass is 423 g/mol. The standard InChI is InChI=1S/C24H29N3O2S/c1-18-11-16-27(21-9-5-6-10-22(21)30-18)23(28)17-26-14-12-19(13-15-26)24(29)25-20-7-3-2-4-8-20/h2-10,18-19H,11-17H2,1H3,(H,25,29). The maximum absolute atomic E-state index is 13.1. The number of benzene rings is 2. The number of hydrogen-bond acceptors (Lipinski definition) is 4. The molecule has 158 valence electrons. The van der Waals surface area contributed by atoms with E-state index in [0.29, 0.717) is 11.8 Å². The lowest BCUT2D eigenvalue weighted by atomic mass is 9.95. The van der Waals surface area contributed by atoms with Gasteiger partial charge < -0.3 is 10.2 Å². The molecule has 2 amide bonds. The molecular formula is C24H29N3O2S. The van der Waals surface area contributed by atoms with Crippen molar-refractivity contribution >= 4 is 35.0 Å². The van der Waals surface area contributed by atoms with Crippen molar-refractivity contribution < 1.29 is 9.59 Å². The largest absolute Gasteiger partial charge is 0.326 e. The first-order valence-electron chi connectivity index (χ1n) is 10.7. The first kappa shape index (κ1) is 20.9. The fourth-order valence-electron chi connectivity index (χ4n) is 4.14. The van der Waals surface area contributed by atoms with Crippen molar-refractivity contribution in [1.82, 2.24) is 4.90 Å². The van der Waals surface area contributed by atoms with Gasteiger partial charge in [0.05, 0.1) is 12.2 Å². The molecule has 2 aliphatic heterocycles. The van der Waals surface area contributed by atoms with E-state index >= 15 is 0 Å². The molecule has 1 saturated heterocycles. The van der Waals surface area contributed by atoms with Crippen LogP contribution in [-0.4, -0.2) is 48.1 Å². The number of likely N-dealkylation sites (tertiary alicyclic amines) is 1. The third kappa shape index (κ3) is 5.05. The zero-order valence-corrected chi connectivity index (χ0v) is 18.2. The summed E-state index contributed by atoms with van der Waals surface area (Å²) >= 11 is 1.85. The van der Waals surface area contributed by atoms with Crippen molar-refractivity contribution in [2.45, 2.75) is 36.3 Å². The highest BCUT2D eigenvalue weighted by Crippen LogP contribution is 2.37. The van der Waals surface area contributed by atoms with Crippen LogP contribution < -0.4 is 10.2 Å². The smallest absolute Gasteiger partial charge is 0.241 e. The molecule has 4 rings (SSSR count). The molecule has 0 aliphatic carbocycles. The normalized spacial score (nSPS) is 20.3. The quantitative estimate of drug-likeness (QED) is 0.799. The zero-order chi connectivity index (χ0) is 20.9. The van der Waals surface area contributed by atoms with Crippen LogP contribution in [0.25, 0.3) is 0 Å². The van der Waals surface area contributed by atoms with E-state index in [-0.39, 0.29) is 17.7 Å². The molecule has 0 bridgehead atoms. The molecule has 0 saturated carbocycles. The molecule has 1 N–H and O–H groups in total. The highest BCUT2D eigenvalue weighted by atomic mass is 32.2. The number of amides is 2. The van der Waals surface area contributed by atoms with Gasteiger partial charge in [0.1, 0.15) is 0 Å². The third-order valence-corrected chi connectivity index (χ3v) is 7.14. The van der Waals surface area contributed by atoms with E-state index in [1.54, 1.807) is 0 Å². The van der Waals surface area contributed by atoms with Crippen molar-refractivity contribution in [3.05, 3.63) is 54.6 Å². The number of carbonyl (C=O) groups excluding carboxylic acids is 2. The number of carbonyl (C=O) groups is 2. The average Bonchev–Trinajstić information content (AvgIpc) is 2.93. The van der Waals surface area contributed by atoms with Crippen molar-refractivity contribution in [1.29, 1.82) is 0 Å². The number of piperidine rings is 1. The maximum Gasteiger partial charge on any atom is 0.241 e. The summed E-state index contributed by atoms with van der Waals surface area (Å²) < 4.78 is 0. The molecule has 1 atom stereocenters. The van der Waals surface area contributed by atoms with Gasteiger partial charge in [-0.2, -0.15) is 0 Å². The van der Waals surface area contributed by atoms with Crippen LogP contribution in [0.4, 0.5) is 11.4 Å². The average molecular weight is 424 g/mol. The summed E-state index contributed by atoms with van der Waals surface area (Å²) in [7, 11) is 0. The molecular weight excluding hydrogens is 394 g/mol. The number of thioether (sulfide) groups is 1. The Morgan fingerprint density at radius 1 is 0.967 bits per heavy atom. The summed E-state index contributed by atoms with van der Waals surface area (Å²) in [6.45, 7) is 4.96. The van der Waals surface area contributed by atoms with Crippen LogP contribution in [0.3, 0.4) is 0 Å². The lowest BCUT2D eigenvalue weighted by Crippen LogP contribution is -2.45. The minimum atomic E-state index is 0.00715. The van der Waals surface area contributed by atoms with Crippen molar-refractivity contribution in [2.75, 3.05) is 36.4 Å². The van der Waals surface area contributed by atoms with Gasteiger partial charge in [-0.05, 0) is 56.6 Å². The molecule has 1 unspecified atom stereocenters. The predicted octanol–water partition coefficient (Wildman–Crippen LogP) is 4.25. The second kappa shape index (κ2) is 9.67. The van der Waals surface area contributed by atoms with Crippen LogP contribution >= 0.6 is 11.8 Å². The zero-order valence-electron chi connectivity index (χ0n) is 17.4. The lowest BCUT2D eigenvalue weighted by molar-refractivity contribution is -0.122. The molecule has 0 spiro atoms. The Bertz CT molecular complexity index is 881. The van der Waals surface area contributed by atoms with E-state index < -0.39 is 0 Å². The van der Waals surface area contributed by atoms with Crippen LogP contribution in [0, 0.1) is 5.92 Å². The van der Waals surface area contributed by atoms with E-state index in [4.69, 9.17) is 0 Å². The molecule has 0 radical (unpaired) electrons. The minimum Gasteiger partial charge on any atom is -0.326 e. The molecule has 30 heavy (non-hydrogen) atoms. The van der Waals surface area contributed by atoms with Crippen LogP contribution in [0.1, 0.15) is 26.2 Å². The van der Waals surface area contributed by atoms with Crippen LogP contribution in [-0.2, 0) is 9.59 Å². The number of rotatable bonds is 4. The molecule has 2 aliphatic rings. The molecule has 2 aromatic carbocycles. The molecule has 1 fully saturated rings. The van der Waals surface area contributed by atoms with Gasteiger partial charge >= 0.3 is 0 Å². The van der Waals surface area contributed by atoms with Gasteiger partial charge in [0.25, 0.3) is 0 Å². The topological polar surface area (TPSA) is 52.7 Å². The second-order valence-electron chi connectivity index (χ2n) is 8.14. The number of nitrogens with zero attached hydrogens (tertiary/aromatic N) is 2. The second-order valence-corrected chi connectivity index (χ2v) is 9.62. The first-order valence-corrected chi connectivity index (χ1v) is 11.6. The fourth-order valence-corrected chi connectivity index (χ4v) is 5.25. The van der Waals surface area contributed by atoms with Crippen LogP contribution in [0.15, 0.2) is 59.5 Å². The Morgan fingerprint density at radius 3 is 2.43 bits per heavy atom. The molecule has 6 heteroatoms. The van der Waals surface area contributed by atoms with Crippen LogP contribution in [0.5, 0.6) is 0 Å². The third-order valence-electron chi connectivity index (χ3n) is 5.90. The van der Waals surface area contributed by atoms with E-state index in [2.05, 4.69) is 29.3 Å².